The summed E-state index contributed by atoms with van der Waals surface area (Å²) in [5.41, 5.74) is 0. The molecular weight excluding hydrogens is 195 g/mol. The Morgan fingerprint density at radius 3 is 1.25 bits per heavy atom. The van der Waals surface area contributed by atoms with Crippen molar-refractivity contribution in [3.05, 3.63) is 10.1 Å². The van der Waals surface area contributed by atoms with Gasteiger partial charge in [-0.25, -0.2) is 0 Å². The third-order valence-electron chi connectivity index (χ3n) is 0. The van der Waals surface area contributed by atoms with Crippen molar-refractivity contribution in [1.82, 2.24) is 0 Å². The number of rotatable bonds is 0. The standard InChI is InChI=1S/Al.3ClH.HNO3/c;;;;2-1(3)4/h;3*1H;(H,2,3,4)/q+3;;;;/p-3. The SMILES string of the molecule is O=[N+]([O-])O.[Al+3].[Cl-].[Cl-].[Cl-]. The van der Waals surface area contributed by atoms with Gasteiger partial charge < -0.3 is 42.4 Å². The number of halogens is 3. The molecule has 8 heteroatoms. The molecule has 48 valence electrons. The molecule has 0 atom stereocenters. The fourth-order valence-corrected chi connectivity index (χ4v) is 0. The first-order chi connectivity index (χ1) is 1.73. The Labute approximate surface area is 75.1 Å². The molecule has 0 aliphatic carbocycles. The molecule has 0 saturated heterocycles. The van der Waals surface area contributed by atoms with Crippen LogP contribution in [0.2, 0.25) is 0 Å². The van der Waals surface area contributed by atoms with Gasteiger partial charge in [0.15, 0.2) is 0 Å². The van der Waals surface area contributed by atoms with Gasteiger partial charge in [0.1, 0.15) is 0 Å². The van der Waals surface area contributed by atoms with E-state index in [0.717, 1.165) is 0 Å². The third-order valence-corrected chi connectivity index (χ3v) is 0. The Morgan fingerprint density at radius 2 is 1.25 bits per heavy atom. The minimum absolute atomic E-state index is 0. The van der Waals surface area contributed by atoms with Crippen molar-refractivity contribution in [2.75, 3.05) is 0 Å². The average Bonchev–Trinajstić information content (AvgIpc) is 0.811. The smallest absolute Gasteiger partial charge is 1.00 e. The van der Waals surface area contributed by atoms with Crippen molar-refractivity contribution < 1.29 is 47.5 Å². The van der Waals surface area contributed by atoms with E-state index in [1.54, 1.807) is 0 Å². The first-order valence-corrected chi connectivity index (χ1v) is 0.565. The van der Waals surface area contributed by atoms with Crippen LogP contribution in [0.4, 0.5) is 0 Å². The van der Waals surface area contributed by atoms with Crippen LogP contribution in [0.1, 0.15) is 0 Å². The first-order valence-electron chi connectivity index (χ1n) is 0.565. The molecule has 0 aromatic carbocycles. The van der Waals surface area contributed by atoms with Crippen molar-refractivity contribution in [2.45, 2.75) is 0 Å². The Balaban J connectivity index is -0.00000000750. The van der Waals surface area contributed by atoms with Gasteiger partial charge in [0, 0.05) is 0 Å². The van der Waals surface area contributed by atoms with E-state index >= 15 is 0 Å². The molecule has 0 radical (unpaired) electrons. The third kappa shape index (κ3) is 571. The molecule has 0 fully saturated rings. The van der Waals surface area contributed by atoms with Crippen LogP contribution in [0.25, 0.3) is 0 Å². The predicted octanol–water partition coefficient (Wildman–Crippen LogP) is -9.72. The van der Waals surface area contributed by atoms with Gasteiger partial charge in [0.05, 0.1) is 0 Å². The molecule has 0 unspecified atom stereocenters. The second-order valence-corrected chi connectivity index (χ2v) is 0.238. The van der Waals surface area contributed by atoms with Crippen LogP contribution in [0.15, 0.2) is 0 Å². The zero-order valence-electron chi connectivity index (χ0n) is 3.42. The van der Waals surface area contributed by atoms with E-state index in [2.05, 4.69) is 0 Å². The maximum atomic E-state index is 8.36. The summed E-state index contributed by atoms with van der Waals surface area (Å²) in [7, 11) is 0. The molecule has 4 nitrogen and oxygen atoms in total. The fraction of sp³-hybridized carbons (Fsp3) is 0. The molecule has 0 aliphatic heterocycles. The van der Waals surface area contributed by atoms with E-state index < -0.39 is 5.09 Å². The summed E-state index contributed by atoms with van der Waals surface area (Å²) in [6, 6.07) is 0. The zero-order valence-corrected chi connectivity index (χ0v) is 6.84. The predicted molar refractivity (Wildman–Crippen MR) is 14.5 cm³/mol. The zero-order chi connectivity index (χ0) is 3.58. The van der Waals surface area contributed by atoms with Crippen LogP contribution in [-0.4, -0.2) is 27.7 Å². The monoisotopic (exact) mass is 195 g/mol. The van der Waals surface area contributed by atoms with Crippen molar-refractivity contribution in [3.8, 4) is 0 Å². The van der Waals surface area contributed by atoms with Gasteiger partial charge in [-0.1, -0.05) is 0 Å². The molecule has 0 bridgehead atoms. The van der Waals surface area contributed by atoms with Crippen molar-refractivity contribution in [3.63, 3.8) is 0 Å². The number of hydrogen-bond donors (Lipinski definition) is 1. The maximum absolute atomic E-state index is 8.36. The number of nitrogens with zero attached hydrogens (tertiary/aromatic N) is 1. The molecule has 0 rings (SSSR count). The summed E-state index contributed by atoms with van der Waals surface area (Å²) in [6.45, 7) is 0. The van der Waals surface area contributed by atoms with Gasteiger partial charge in [0.25, 0.3) is 5.09 Å². The van der Waals surface area contributed by atoms with Crippen molar-refractivity contribution >= 4 is 17.4 Å². The summed E-state index contributed by atoms with van der Waals surface area (Å²) in [4.78, 5) is 8.36. The minimum atomic E-state index is -1.50. The summed E-state index contributed by atoms with van der Waals surface area (Å²) in [6.07, 6.45) is 0. The second kappa shape index (κ2) is 25.5. The van der Waals surface area contributed by atoms with E-state index in [0.29, 0.717) is 0 Å². The Morgan fingerprint density at radius 1 is 1.25 bits per heavy atom. The van der Waals surface area contributed by atoms with E-state index in [4.69, 9.17) is 15.3 Å². The van der Waals surface area contributed by atoms with E-state index in [1.165, 1.54) is 0 Å². The van der Waals surface area contributed by atoms with Crippen LogP contribution in [-0.2, 0) is 0 Å². The van der Waals surface area contributed by atoms with Crippen LogP contribution < -0.4 is 37.2 Å². The minimum Gasteiger partial charge on any atom is -1.00 e. The summed E-state index contributed by atoms with van der Waals surface area (Å²) in [5.74, 6) is 0. The molecule has 0 aromatic rings. The largest absolute Gasteiger partial charge is 3.00 e. The molecular formula is HAlCl3NO3. The van der Waals surface area contributed by atoms with Crippen LogP contribution in [0.5, 0.6) is 0 Å². The van der Waals surface area contributed by atoms with Crippen LogP contribution >= 0.6 is 0 Å². The maximum Gasteiger partial charge on any atom is 3.00 e. The van der Waals surface area contributed by atoms with E-state index in [-0.39, 0.29) is 54.6 Å². The van der Waals surface area contributed by atoms with Crippen LogP contribution in [0, 0.1) is 10.1 Å². The molecule has 1 N–H and O–H groups in total. The molecule has 0 aliphatic rings. The van der Waals surface area contributed by atoms with Crippen molar-refractivity contribution in [1.29, 1.82) is 0 Å². The second-order valence-electron chi connectivity index (χ2n) is 0.238. The average molecular weight is 196 g/mol. The van der Waals surface area contributed by atoms with Crippen LogP contribution in [0.3, 0.4) is 0 Å². The molecule has 0 spiro atoms. The normalized spacial score (nSPS) is 3.00. The van der Waals surface area contributed by atoms with Gasteiger partial charge in [-0.2, -0.15) is 0 Å². The quantitative estimate of drug-likeness (QED) is 0.238. The summed E-state index contributed by atoms with van der Waals surface area (Å²) >= 11 is 0. The van der Waals surface area contributed by atoms with Gasteiger partial charge in [-0.15, -0.1) is 10.1 Å². The van der Waals surface area contributed by atoms with Gasteiger partial charge in [-0.05, 0) is 0 Å². The van der Waals surface area contributed by atoms with E-state index in [9.17, 15) is 0 Å². The summed E-state index contributed by atoms with van der Waals surface area (Å²) in [5, 5.41) is 13.6. The van der Waals surface area contributed by atoms with Gasteiger partial charge >= 0.3 is 17.4 Å². The molecule has 0 aromatic heterocycles. The van der Waals surface area contributed by atoms with Gasteiger partial charge in [0.2, 0.25) is 0 Å². The molecule has 0 saturated carbocycles. The Hall–Kier alpha value is 0.602. The fourth-order valence-electron chi connectivity index (χ4n) is 0. The van der Waals surface area contributed by atoms with E-state index in [1.807, 2.05) is 0 Å². The molecule has 0 heterocycles. The molecule has 8 heavy (non-hydrogen) atoms. The van der Waals surface area contributed by atoms with Crippen molar-refractivity contribution in [2.24, 2.45) is 0 Å². The number of hydrogen-bond acceptors (Lipinski definition) is 2. The topological polar surface area (TPSA) is 63.4 Å². The Bertz CT molecular complexity index is 37.5. The first kappa shape index (κ1) is 38.3. The molecule has 0 amide bonds. The van der Waals surface area contributed by atoms with Gasteiger partial charge in [-0.3, -0.25) is 0 Å². The summed E-state index contributed by atoms with van der Waals surface area (Å²) < 4.78 is 0. The Kier molecular flexibility index (Phi) is 122.